The molecule has 31 heavy (non-hydrogen) atoms. The lowest BCUT2D eigenvalue weighted by Crippen LogP contribution is -2.22. The second kappa shape index (κ2) is 9.13. The summed E-state index contributed by atoms with van der Waals surface area (Å²) in [6.45, 7) is 1.24. The van der Waals surface area contributed by atoms with Crippen molar-refractivity contribution >= 4 is 34.8 Å². The van der Waals surface area contributed by atoms with E-state index in [0.29, 0.717) is 10.8 Å². The Balaban J connectivity index is 1.71. The third kappa shape index (κ3) is 5.79. The van der Waals surface area contributed by atoms with Gasteiger partial charge in [0.2, 0.25) is 0 Å². The maximum Gasteiger partial charge on any atom is 0.418 e. The van der Waals surface area contributed by atoms with Gasteiger partial charge in [-0.3, -0.25) is 9.59 Å². The van der Waals surface area contributed by atoms with Gasteiger partial charge in [0.1, 0.15) is 5.75 Å². The van der Waals surface area contributed by atoms with Crippen LogP contribution < -0.4 is 15.4 Å². The molecule has 0 bridgehead atoms. The van der Waals surface area contributed by atoms with Crippen LogP contribution in [0.5, 0.6) is 5.75 Å². The van der Waals surface area contributed by atoms with Gasteiger partial charge in [-0.2, -0.15) is 13.2 Å². The molecule has 0 unspecified atom stereocenters. The van der Waals surface area contributed by atoms with Crippen LogP contribution in [0.2, 0.25) is 5.02 Å². The van der Waals surface area contributed by atoms with Gasteiger partial charge in [0.05, 0.1) is 17.5 Å². The van der Waals surface area contributed by atoms with Gasteiger partial charge in [-0.1, -0.05) is 11.6 Å². The molecule has 3 rings (SSSR count). The number of hydrogen-bond acceptors (Lipinski definition) is 4. The molecular formula is C21H16ClF3N2O4. The normalized spacial score (nSPS) is 11.1. The highest BCUT2D eigenvalue weighted by molar-refractivity contribution is 6.31. The number of nitrogens with one attached hydrogen (secondary N) is 2. The van der Waals surface area contributed by atoms with E-state index in [1.807, 2.05) is 0 Å². The number of anilines is 2. The predicted octanol–water partition coefficient (Wildman–Crippen LogP) is 5.53. The van der Waals surface area contributed by atoms with E-state index in [2.05, 4.69) is 10.6 Å². The third-order valence-electron chi connectivity index (χ3n) is 4.10. The Bertz CT molecular complexity index is 1100. The van der Waals surface area contributed by atoms with E-state index >= 15 is 0 Å². The van der Waals surface area contributed by atoms with Gasteiger partial charge in [-0.05, 0) is 61.0 Å². The molecule has 0 fully saturated rings. The minimum Gasteiger partial charge on any atom is -0.484 e. The van der Waals surface area contributed by atoms with E-state index in [1.54, 1.807) is 25.1 Å². The van der Waals surface area contributed by atoms with Gasteiger partial charge < -0.3 is 19.8 Å². The van der Waals surface area contributed by atoms with Crippen molar-refractivity contribution in [2.24, 2.45) is 0 Å². The summed E-state index contributed by atoms with van der Waals surface area (Å²) in [5.41, 5.74) is -0.976. The van der Waals surface area contributed by atoms with Crippen molar-refractivity contribution in [3.8, 4) is 5.75 Å². The van der Waals surface area contributed by atoms with Crippen LogP contribution in [0.15, 0.2) is 59.2 Å². The molecular weight excluding hydrogens is 437 g/mol. The molecule has 1 heterocycles. The minimum absolute atomic E-state index is 0.0551. The maximum atomic E-state index is 13.5. The number of hydrogen-bond donors (Lipinski definition) is 2. The molecule has 2 N–H and O–H groups in total. The van der Waals surface area contributed by atoms with Crippen molar-refractivity contribution in [1.82, 2.24) is 0 Å². The second-order valence-corrected chi connectivity index (χ2v) is 6.84. The average molecular weight is 453 g/mol. The molecule has 0 spiro atoms. The smallest absolute Gasteiger partial charge is 0.418 e. The van der Waals surface area contributed by atoms with Crippen LogP contribution in [0.3, 0.4) is 0 Å². The molecule has 0 aliphatic carbocycles. The molecule has 1 aromatic heterocycles. The highest BCUT2D eigenvalue weighted by Gasteiger charge is 2.34. The molecule has 0 radical (unpaired) electrons. The molecule has 10 heteroatoms. The van der Waals surface area contributed by atoms with Gasteiger partial charge in [-0.15, -0.1) is 0 Å². The van der Waals surface area contributed by atoms with Crippen LogP contribution in [-0.2, 0) is 11.0 Å². The van der Waals surface area contributed by atoms with Gasteiger partial charge in [0.15, 0.2) is 12.4 Å². The molecule has 0 aliphatic heterocycles. The van der Waals surface area contributed by atoms with Gasteiger partial charge in [0, 0.05) is 10.7 Å². The lowest BCUT2D eigenvalue weighted by Gasteiger charge is -2.16. The van der Waals surface area contributed by atoms with Crippen LogP contribution in [0, 0.1) is 6.92 Å². The summed E-state index contributed by atoms with van der Waals surface area (Å²) in [5.74, 6) is -1.20. The number of rotatable bonds is 6. The summed E-state index contributed by atoms with van der Waals surface area (Å²) in [4.78, 5) is 24.1. The van der Waals surface area contributed by atoms with Crippen LogP contribution in [0.4, 0.5) is 24.5 Å². The minimum atomic E-state index is -4.78. The number of alkyl halides is 3. The van der Waals surface area contributed by atoms with Crippen LogP contribution >= 0.6 is 11.6 Å². The highest BCUT2D eigenvalue weighted by atomic mass is 35.5. The highest BCUT2D eigenvalue weighted by Crippen LogP contribution is 2.36. The summed E-state index contributed by atoms with van der Waals surface area (Å²) in [5, 5.41) is 5.01. The molecule has 0 atom stereocenters. The van der Waals surface area contributed by atoms with Crippen molar-refractivity contribution in [2.45, 2.75) is 13.1 Å². The maximum absolute atomic E-state index is 13.5. The van der Waals surface area contributed by atoms with Crippen molar-refractivity contribution in [1.29, 1.82) is 0 Å². The Morgan fingerprint density at radius 3 is 2.52 bits per heavy atom. The number of amides is 2. The van der Waals surface area contributed by atoms with Crippen LogP contribution in [0.1, 0.15) is 21.7 Å². The molecule has 0 saturated heterocycles. The molecule has 3 aromatic rings. The SMILES string of the molecule is Cc1cc(OCC(=O)Nc2ccc(NC(=O)c3ccco3)cc2C(F)(F)F)ccc1Cl. The molecule has 0 saturated carbocycles. The first kappa shape index (κ1) is 22.2. The summed E-state index contributed by atoms with van der Waals surface area (Å²) < 4.78 is 50.7. The Morgan fingerprint density at radius 1 is 1.10 bits per heavy atom. The lowest BCUT2D eigenvalue weighted by atomic mass is 10.1. The Labute approximate surface area is 180 Å². The third-order valence-corrected chi connectivity index (χ3v) is 4.53. The van der Waals surface area contributed by atoms with Gasteiger partial charge in [0.25, 0.3) is 11.8 Å². The number of carbonyl (C=O) groups is 2. The van der Waals surface area contributed by atoms with E-state index in [-0.39, 0.29) is 11.4 Å². The average Bonchev–Trinajstić information content (AvgIpc) is 3.24. The fraction of sp³-hybridized carbons (Fsp3) is 0.143. The first-order chi connectivity index (χ1) is 14.6. The Morgan fingerprint density at radius 2 is 1.87 bits per heavy atom. The Kier molecular flexibility index (Phi) is 6.55. The van der Waals surface area contributed by atoms with Crippen molar-refractivity contribution in [3.63, 3.8) is 0 Å². The monoisotopic (exact) mass is 452 g/mol. The molecule has 6 nitrogen and oxygen atoms in total. The standard InChI is InChI=1S/C21H16ClF3N2O4/c1-12-9-14(5-6-16(12)22)31-11-19(28)27-17-7-4-13(10-15(17)21(23,24)25)26-20(29)18-3-2-8-30-18/h2-10H,11H2,1H3,(H,26,29)(H,27,28). The van der Waals surface area contributed by atoms with E-state index in [9.17, 15) is 22.8 Å². The zero-order chi connectivity index (χ0) is 22.6. The molecule has 2 amide bonds. The fourth-order valence-electron chi connectivity index (χ4n) is 2.61. The predicted molar refractivity (Wildman–Crippen MR) is 108 cm³/mol. The van der Waals surface area contributed by atoms with Gasteiger partial charge >= 0.3 is 6.18 Å². The molecule has 162 valence electrons. The number of benzene rings is 2. The second-order valence-electron chi connectivity index (χ2n) is 6.44. The first-order valence-electron chi connectivity index (χ1n) is 8.88. The number of ether oxygens (including phenoxy) is 1. The lowest BCUT2D eigenvalue weighted by molar-refractivity contribution is -0.137. The van der Waals surface area contributed by atoms with Crippen molar-refractivity contribution in [3.05, 3.63) is 76.7 Å². The van der Waals surface area contributed by atoms with Crippen molar-refractivity contribution < 1.29 is 31.9 Å². The zero-order valence-corrected chi connectivity index (χ0v) is 16.8. The topological polar surface area (TPSA) is 80.6 Å². The quantitative estimate of drug-likeness (QED) is 0.515. The first-order valence-corrected chi connectivity index (χ1v) is 9.26. The number of halogens is 4. The molecule has 2 aromatic carbocycles. The van der Waals surface area contributed by atoms with E-state index in [1.165, 1.54) is 24.5 Å². The largest absolute Gasteiger partial charge is 0.484 e. The number of aryl methyl sites for hydroxylation is 1. The van der Waals surface area contributed by atoms with E-state index in [4.69, 9.17) is 20.8 Å². The summed E-state index contributed by atoms with van der Waals surface area (Å²) in [6.07, 6.45) is -3.51. The summed E-state index contributed by atoms with van der Waals surface area (Å²) in [6, 6.07) is 10.6. The number of carbonyl (C=O) groups excluding carboxylic acids is 2. The van der Waals surface area contributed by atoms with Crippen molar-refractivity contribution in [2.75, 3.05) is 17.2 Å². The van der Waals surface area contributed by atoms with Gasteiger partial charge in [-0.25, -0.2) is 0 Å². The van der Waals surface area contributed by atoms with Crippen LogP contribution in [-0.4, -0.2) is 18.4 Å². The summed E-state index contributed by atoms with van der Waals surface area (Å²) in [7, 11) is 0. The zero-order valence-electron chi connectivity index (χ0n) is 16.0. The summed E-state index contributed by atoms with van der Waals surface area (Å²) >= 11 is 5.91. The fourth-order valence-corrected chi connectivity index (χ4v) is 2.73. The van der Waals surface area contributed by atoms with Crippen LogP contribution in [0.25, 0.3) is 0 Å². The molecule has 0 aliphatic rings. The Hall–Kier alpha value is -3.46. The van der Waals surface area contributed by atoms with E-state index in [0.717, 1.165) is 17.7 Å². The number of furan rings is 1. The van der Waals surface area contributed by atoms with E-state index < -0.39 is 35.8 Å².